The van der Waals surface area contributed by atoms with E-state index in [-0.39, 0.29) is 11.6 Å². The van der Waals surface area contributed by atoms with Crippen LogP contribution in [0, 0.1) is 17.0 Å². The molecule has 0 aliphatic carbocycles. The third-order valence-corrected chi connectivity index (χ3v) is 3.55. The first-order valence-electron chi connectivity index (χ1n) is 7.89. The Balaban J connectivity index is 2.09. The van der Waals surface area contributed by atoms with Gasteiger partial charge in [0, 0.05) is 18.2 Å². The maximum Gasteiger partial charge on any atom is 0.274 e. The second-order valence-electron chi connectivity index (χ2n) is 5.23. The number of hydrogen-bond donors (Lipinski definition) is 1. The molecule has 0 unspecified atom stereocenters. The lowest BCUT2D eigenvalue weighted by Gasteiger charge is -2.10. The smallest absolute Gasteiger partial charge is 0.274 e. The van der Waals surface area contributed by atoms with Gasteiger partial charge in [-0.25, -0.2) is 0 Å². The van der Waals surface area contributed by atoms with E-state index in [1.54, 1.807) is 37.3 Å². The summed E-state index contributed by atoms with van der Waals surface area (Å²) in [6.45, 7) is 4.99. The zero-order valence-electron chi connectivity index (χ0n) is 14.2. The molecule has 0 aliphatic rings. The Morgan fingerprint density at radius 1 is 1.20 bits per heavy atom. The van der Waals surface area contributed by atoms with Crippen LogP contribution >= 0.6 is 0 Å². The highest BCUT2D eigenvalue weighted by molar-refractivity contribution is 6.05. The minimum Gasteiger partial charge on any atom is -0.491 e. The van der Waals surface area contributed by atoms with E-state index in [0.717, 1.165) is 0 Å². The van der Waals surface area contributed by atoms with Gasteiger partial charge in [0.15, 0.2) is 0 Å². The minimum absolute atomic E-state index is 0.0363. The molecule has 0 heterocycles. The summed E-state index contributed by atoms with van der Waals surface area (Å²) in [5.41, 5.74) is 1.18. The number of hydrogen-bond acceptors (Lipinski definition) is 5. The molecule has 0 fully saturated rings. The molecule has 2 aromatic carbocycles. The van der Waals surface area contributed by atoms with Crippen LogP contribution < -0.4 is 10.1 Å². The molecule has 0 atom stereocenters. The van der Waals surface area contributed by atoms with Crippen molar-refractivity contribution >= 4 is 17.3 Å². The largest absolute Gasteiger partial charge is 0.491 e. The van der Waals surface area contributed by atoms with Crippen LogP contribution in [-0.2, 0) is 4.74 Å². The summed E-state index contributed by atoms with van der Waals surface area (Å²) in [5.74, 6) is 0.196. The van der Waals surface area contributed by atoms with Crippen molar-refractivity contribution in [2.24, 2.45) is 0 Å². The first-order chi connectivity index (χ1) is 12.0. The van der Waals surface area contributed by atoms with Crippen molar-refractivity contribution in [3.63, 3.8) is 0 Å². The number of carbonyl (C=O) groups excluding carboxylic acids is 1. The van der Waals surface area contributed by atoms with Crippen molar-refractivity contribution in [2.75, 3.05) is 25.1 Å². The molecule has 0 saturated heterocycles. The van der Waals surface area contributed by atoms with E-state index in [0.29, 0.717) is 42.4 Å². The number of nitro groups is 1. The number of rotatable bonds is 8. The lowest BCUT2D eigenvalue weighted by molar-refractivity contribution is -0.385. The highest BCUT2D eigenvalue weighted by atomic mass is 16.6. The Labute approximate surface area is 145 Å². The van der Waals surface area contributed by atoms with E-state index in [9.17, 15) is 14.9 Å². The summed E-state index contributed by atoms with van der Waals surface area (Å²) in [6, 6.07) is 11.3. The van der Waals surface area contributed by atoms with Crippen LogP contribution in [0.5, 0.6) is 5.75 Å². The van der Waals surface area contributed by atoms with Crippen LogP contribution in [0.3, 0.4) is 0 Å². The molecule has 1 N–H and O–H groups in total. The highest BCUT2D eigenvalue weighted by Crippen LogP contribution is 2.25. The molecule has 0 radical (unpaired) electrons. The van der Waals surface area contributed by atoms with Gasteiger partial charge in [0.1, 0.15) is 12.4 Å². The Morgan fingerprint density at radius 3 is 2.68 bits per heavy atom. The van der Waals surface area contributed by atoms with Crippen molar-refractivity contribution < 1.29 is 19.2 Å². The number of ether oxygens (including phenoxy) is 2. The van der Waals surface area contributed by atoms with Crippen molar-refractivity contribution in [1.82, 2.24) is 0 Å². The number of nitrogens with zero attached hydrogens (tertiary/aromatic N) is 1. The zero-order chi connectivity index (χ0) is 18.2. The quantitative estimate of drug-likeness (QED) is 0.449. The average Bonchev–Trinajstić information content (AvgIpc) is 2.60. The van der Waals surface area contributed by atoms with Gasteiger partial charge in [-0.2, -0.15) is 0 Å². The fourth-order valence-electron chi connectivity index (χ4n) is 2.24. The summed E-state index contributed by atoms with van der Waals surface area (Å²) < 4.78 is 10.7. The van der Waals surface area contributed by atoms with E-state index in [4.69, 9.17) is 9.47 Å². The van der Waals surface area contributed by atoms with Gasteiger partial charge in [-0.1, -0.05) is 12.1 Å². The third kappa shape index (κ3) is 5.02. The van der Waals surface area contributed by atoms with Gasteiger partial charge in [0.25, 0.3) is 11.6 Å². The van der Waals surface area contributed by atoms with E-state index in [2.05, 4.69) is 5.32 Å². The molecular formula is C18H20N2O5. The van der Waals surface area contributed by atoms with Gasteiger partial charge in [-0.15, -0.1) is 0 Å². The molecule has 0 aliphatic heterocycles. The Morgan fingerprint density at radius 2 is 1.96 bits per heavy atom. The SMILES string of the molecule is CCOCCOc1cccc(C(=O)Nc2cccc([N+](=O)[O-])c2C)c1. The fourth-order valence-corrected chi connectivity index (χ4v) is 2.24. The van der Waals surface area contributed by atoms with Crippen molar-refractivity contribution in [2.45, 2.75) is 13.8 Å². The van der Waals surface area contributed by atoms with Gasteiger partial charge in [0.05, 0.1) is 22.8 Å². The maximum atomic E-state index is 12.4. The number of carbonyl (C=O) groups is 1. The zero-order valence-corrected chi connectivity index (χ0v) is 14.2. The van der Waals surface area contributed by atoms with Crippen molar-refractivity contribution in [3.05, 3.63) is 63.7 Å². The van der Waals surface area contributed by atoms with Gasteiger partial charge in [0.2, 0.25) is 0 Å². The van der Waals surface area contributed by atoms with Crippen molar-refractivity contribution in [3.8, 4) is 5.75 Å². The summed E-state index contributed by atoms with van der Waals surface area (Å²) in [4.78, 5) is 22.9. The van der Waals surface area contributed by atoms with E-state index in [1.165, 1.54) is 12.1 Å². The highest BCUT2D eigenvalue weighted by Gasteiger charge is 2.15. The fraction of sp³-hybridized carbons (Fsp3) is 0.278. The molecular weight excluding hydrogens is 324 g/mol. The number of nitrogens with one attached hydrogen (secondary N) is 1. The predicted octanol–water partition coefficient (Wildman–Crippen LogP) is 3.57. The minimum atomic E-state index is -0.474. The lowest BCUT2D eigenvalue weighted by Crippen LogP contribution is -2.13. The predicted molar refractivity (Wildman–Crippen MR) is 94.2 cm³/mol. The van der Waals surface area contributed by atoms with Gasteiger partial charge < -0.3 is 14.8 Å². The molecule has 0 spiro atoms. The van der Waals surface area contributed by atoms with Crippen LogP contribution in [0.4, 0.5) is 11.4 Å². The first-order valence-corrected chi connectivity index (χ1v) is 7.89. The Bertz CT molecular complexity index is 761. The van der Waals surface area contributed by atoms with Crippen LogP contribution in [0.2, 0.25) is 0 Å². The second-order valence-corrected chi connectivity index (χ2v) is 5.23. The number of benzene rings is 2. The monoisotopic (exact) mass is 344 g/mol. The molecule has 0 saturated carbocycles. The standard InChI is InChI=1S/C18H20N2O5/c1-3-24-10-11-25-15-7-4-6-14(12-15)18(21)19-16-8-5-9-17(13(16)2)20(22)23/h4-9,12H,3,10-11H2,1-2H3,(H,19,21). The normalized spacial score (nSPS) is 10.3. The Kier molecular flexibility index (Phi) is 6.47. The summed E-state index contributed by atoms with van der Waals surface area (Å²) in [5, 5.41) is 13.7. The summed E-state index contributed by atoms with van der Waals surface area (Å²) >= 11 is 0. The molecule has 1 amide bonds. The Hall–Kier alpha value is -2.93. The van der Waals surface area contributed by atoms with Gasteiger partial charge in [-0.3, -0.25) is 14.9 Å². The second kappa shape index (κ2) is 8.79. The molecule has 7 heteroatoms. The molecule has 2 aromatic rings. The molecule has 0 bridgehead atoms. The molecule has 25 heavy (non-hydrogen) atoms. The summed E-state index contributed by atoms with van der Waals surface area (Å²) in [6.07, 6.45) is 0. The van der Waals surface area contributed by atoms with Crippen LogP contribution in [0.25, 0.3) is 0 Å². The van der Waals surface area contributed by atoms with E-state index < -0.39 is 4.92 Å². The first kappa shape index (κ1) is 18.4. The molecule has 0 aromatic heterocycles. The number of nitro benzene ring substituents is 1. The molecule has 132 valence electrons. The topological polar surface area (TPSA) is 90.7 Å². The van der Waals surface area contributed by atoms with Crippen LogP contribution in [-0.4, -0.2) is 30.7 Å². The number of amides is 1. The van der Waals surface area contributed by atoms with Crippen LogP contribution in [0.1, 0.15) is 22.8 Å². The van der Waals surface area contributed by atoms with E-state index in [1.807, 2.05) is 6.92 Å². The molecule has 7 nitrogen and oxygen atoms in total. The van der Waals surface area contributed by atoms with Crippen molar-refractivity contribution in [1.29, 1.82) is 0 Å². The van der Waals surface area contributed by atoms with Gasteiger partial charge >= 0.3 is 0 Å². The summed E-state index contributed by atoms with van der Waals surface area (Å²) in [7, 11) is 0. The average molecular weight is 344 g/mol. The third-order valence-electron chi connectivity index (χ3n) is 3.55. The van der Waals surface area contributed by atoms with E-state index >= 15 is 0 Å². The molecule has 2 rings (SSSR count). The maximum absolute atomic E-state index is 12.4. The lowest BCUT2D eigenvalue weighted by atomic mass is 10.1. The number of anilines is 1. The van der Waals surface area contributed by atoms with Crippen LogP contribution in [0.15, 0.2) is 42.5 Å². The van der Waals surface area contributed by atoms with Gasteiger partial charge in [-0.05, 0) is 38.1 Å².